The minimum atomic E-state index is 0.874. The van der Waals surface area contributed by atoms with Crippen LogP contribution in [0.4, 0.5) is 0 Å². The van der Waals surface area contributed by atoms with Crippen molar-refractivity contribution in [3.05, 3.63) is 67.0 Å². The van der Waals surface area contributed by atoms with E-state index in [2.05, 4.69) is 23.2 Å². The van der Waals surface area contributed by atoms with Crippen molar-refractivity contribution in [2.24, 2.45) is 0 Å². The smallest absolute Gasteiger partial charge is 0.136 e. The Bertz CT molecular complexity index is 862. The van der Waals surface area contributed by atoms with Crippen LogP contribution >= 0.6 is 0 Å². The maximum absolute atomic E-state index is 5.80. The van der Waals surface area contributed by atoms with E-state index in [1.54, 1.807) is 12.4 Å². The topological polar surface area (TPSA) is 26.0 Å². The Morgan fingerprint density at radius 2 is 1.74 bits per heavy atom. The van der Waals surface area contributed by atoms with Crippen LogP contribution in [0.1, 0.15) is 0 Å². The highest BCUT2D eigenvalue weighted by Gasteiger charge is 2.07. The maximum Gasteiger partial charge on any atom is 0.136 e. The van der Waals surface area contributed by atoms with Crippen LogP contribution in [0, 0.1) is 6.07 Å². The molecule has 0 unspecified atom stereocenters. The molecule has 19 heavy (non-hydrogen) atoms. The van der Waals surface area contributed by atoms with E-state index in [9.17, 15) is 0 Å². The normalized spacial score (nSPS) is 11.2. The molecule has 0 amide bonds. The lowest BCUT2D eigenvalue weighted by Crippen LogP contribution is -1.78. The molecule has 4 rings (SSSR count). The van der Waals surface area contributed by atoms with Gasteiger partial charge in [-0.1, -0.05) is 18.2 Å². The van der Waals surface area contributed by atoms with E-state index in [-0.39, 0.29) is 0 Å². The fraction of sp³-hybridized carbons (Fsp3) is 0. The number of furan rings is 1. The van der Waals surface area contributed by atoms with Gasteiger partial charge in [0.25, 0.3) is 0 Å². The van der Waals surface area contributed by atoms with Gasteiger partial charge >= 0.3 is 0 Å². The van der Waals surface area contributed by atoms with Crippen LogP contribution in [0.25, 0.3) is 33.1 Å². The maximum atomic E-state index is 5.80. The number of fused-ring (bicyclic) bond motifs is 3. The summed E-state index contributed by atoms with van der Waals surface area (Å²) in [6.45, 7) is 0. The first-order valence-corrected chi connectivity index (χ1v) is 6.15. The molecule has 2 aromatic carbocycles. The predicted octanol–water partition coefficient (Wildman–Crippen LogP) is 4.45. The Morgan fingerprint density at radius 1 is 0.895 bits per heavy atom. The van der Waals surface area contributed by atoms with Crippen molar-refractivity contribution in [1.82, 2.24) is 4.98 Å². The first-order valence-electron chi connectivity index (χ1n) is 6.15. The standard InChI is InChI=1S/C17H10NO/c1-2-4-16-14(3-1)15-11-13(5-6-17(15)19-16)12-7-9-18-10-8-12/h1-4,6-11H. The van der Waals surface area contributed by atoms with Gasteiger partial charge in [-0.2, -0.15) is 0 Å². The summed E-state index contributed by atoms with van der Waals surface area (Å²) in [5.74, 6) is 0. The van der Waals surface area contributed by atoms with Crippen LogP contribution in [-0.2, 0) is 0 Å². The number of nitrogens with zero attached hydrogens (tertiary/aromatic N) is 1. The number of hydrogen-bond acceptors (Lipinski definition) is 2. The Kier molecular flexibility index (Phi) is 2.15. The Hall–Kier alpha value is -2.61. The van der Waals surface area contributed by atoms with Gasteiger partial charge in [-0.3, -0.25) is 4.98 Å². The summed E-state index contributed by atoms with van der Waals surface area (Å²) in [6.07, 6.45) is 3.59. The molecule has 0 aliphatic carbocycles. The number of benzene rings is 2. The molecule has 0 fully saturated rings. The highest BCUT2D eigenvalue weighted by Crippen LogP contribution is 2.31. The van der Waals surface area contributed by atoms with Crippen LogP contribution in [0.2, 0.25) is 0 Å². The van der Waals surface area contributed by atoms with Crippen LogP contribution in [0.15, 0.2) is 65.3 Å². The monoisotopic (exact) mass is 244 g/mol. The zero-order chi connectivity index (χ0) is 12.7. The van der Waals surface area contributed by atoms with Gasteiger partial charge in [-0.05, 0) is 47.5 Å². The van der Waals surface area contributed by atoms with Crippen LogP contribution in [-0.4, -0.2) is 4.98 Å². The molecule has 0 atom stereocenters. The second-order valence-electron chi connectivity index (χ2n) is 4.46. The fourth-order valence-electron chi connectivity index (χ4n) is 2.37. The van der Waals surface area contributed by atoms with E-state index in [1.807, 2.05) is 36.4 Å². The molecule has 0 N–H and O–H groups in total. The van der Waals surface area contributed by atoms with Crippen molar-refractivity contribution in [2.45, 2.75) is 0 Å². The highest BCUT2D eigenvalue weighted by atomic mass is 16.3. The van der Waals surface area contributed by atoms with E-state index >= 15 is 0 Å². The van der Waals surface area contributed by atoms with E-state index in [1.165, 1.54) is 0 Å². The minimum absolute atomic E-state index is 0.874. The number of aromatic nitrogens is 1. The molecule has 89 valence electrons. The first-order chi connectivity index (χ1) is 9.42. The molecule has 4 aromatic rings. The molecular weight excluding hydrogens is 234 g/mol. The average molecular weight is 244 g/mol. The molecule has 0 saturated heterocycles. The van der Waals surface area contributed by atoms with Gasteiger partial charge in [0.15, 0.2) is 0 Å². The number of rotatable bonds is 1. The SMILES string of the molecule is [c]1cc2oc3ccccc3c2cc1-c1ccncc1. The molecule has 0 saturated carbocycles. The van der Waals surface area contributed by atoms with Gasteiger partial charge in [-0.15, -0.1) is 0 Å². The van der Waals surface area contributed by atoms with Crippen molar-refractivity contribution in [1.29, 1.82) is 0 Å². The van der Waals surface area contributed by atoms with Gasteiger partial charge in [0.1, 0.15) is 11.2 Å². The zero-order valence-corrected chi connectivity index (χ0v) is 10.1. The van der Waals surface area contributed by atoms with E-state index < -0.39 is 0 Å². The summed E-state index contributed by atoms with van der Waals surface area (Å²) < 4.78 is 5.80. The number of pyridine rings is 1. The van der Waals surface area contributed by atoms with E-state index in [4.69, 9.17) is 4.42 Å². The molecular formula is C17H10NO. The second-order valence-corrected chi connectivity index (χ2v) is 4.46. The molecule has 2 heteroatoms. The Balaban J connectivity index is 2.03. The summed E-state index contributed by atoms with van der Waals surface area (Å²) in [6, 6.07) is 19.3. The summed E-state index contributed by atoms with van der Waals surface area (Å²) in [4.78, 5) is 4.04. The Morgan fingerprint density at radius 3 is 2.63 bits per heavy atom. The van der Waals surface area contributed by atoms with E-state index in [0.29, 0.717) is 0 Å². The molecule has 1 radical (unpaired) electrons. The molecule has 2 heterocycles. The van der Waals surface area contributed by atoms with Crippen molar-refractivity contribution >= 4 is 21.9 Å². The molecule has 2 nitrogen and oxygen atoms in total. The van der Waals surface area contributed by atoms with Gasteiger partial charge in [0.05, 0.1) is 0 Å². The van der Waals surface area contributed by atoms with Crippen LogP contribution in [0.5, 0.6) is 0 Å². The van der Waals surface area contributed by atoms with Crippen molar-refractivity contribution in [3.8, 4) is 11.1 Å². The third-order valence-electron chi connectivity index (χ3n) is 3.30. The summed E-state index contributed by atoms with van der Waals surface area (Å²) >= 11 is 0. The first kappa shape index (κ1) is 10.3. The molecule has 0 spiro atoms. The predicted molar refractivity (Wildman–Crippen MR) is 75.8 cm³/mol. The lowest BCUT2D eigenvalue weighted by Gasteiger charge is -2.00. The van der Waals surface area contributed by atoms with Crippen molar-refractivity contribution in [3.63, 3.8) is 0 Å². The van der Waals surface area contributed by atoms with Gasteiger partial charge in [0.2, 0.25) is 0 Å². The Labute approximate surface area is 110 Å². The minimum Gasteiger partial charge on any atom is -0.456 e. The fourth-order valence-corrected chi connectivity index (χ4v) is 2.37. The van der Waals surface area contributed by atoms with Crippen molar-refractivity contribution < 1.29 is 4.42 Å². The lowest BCUT2D eigenvalue weighted by atomic mass is 10.0. The molecule has 2 aromatic heterocycles. The van der Waals surface area contributed by atoms with E-state index in [0.717, 1.165) is 33.1 Å². The largest absolute Gasteiger partial charge is 0.456 e. The summed E-state index contributed by atoms with van der Waals surface area (Å²) in [7, 11) is 0. The van der Waals surface area contributed by atoms with Crippen LogP contribution in [0.3, 0.4) is 0 Å². The summed E-state index contributed by atoms with van der Waals surface area (Å²) in [5.41, 5.74) is 3.96. The zero-order valence-electron chi connectivity index (χ0n) is 10.1. The summed E-state index contributed by atoms with van der Waals surface area (Å²) in [5, 5.41) is 2.27. The van der Waals surface area contributed by atoms with Gasteiger partial charge in [-0.25, -0.2) is 0 Å². The lowest BCUT2D eigenvalue weighted by molar-refractivity contribution is 0.669. The third-order valence-corrected chi connectivity index (χ3v) is 3.30. The highest BCUT2D eigenvalue weighted by molar-refractivity contribution is 6.06. The van der Waals surface area contributed by atoms with Gasteiger partial charge in [0, 0.05) is 23.2 Å². The molecule has 0 aliphatic rings. The molecule has 0 bridgehead atoms. The number of hydrogen-bond donors (Lipinski definition) is 0. The average Bonchev–Trinajstić information content (AvgIpc) is 2.86. The second kappa shape index (κ2) is 3.95. The molecule has 0 aliphatic heterocycles. The van der Waals surface area contributed by atoms with Gasteiger partial charge < -0.3 is 4.42 Å². The third kappa shape index (κ3) is 1.61. The quantitative estimate of drug-likeness (QED) is 0.494. The van der Waals surface area contributed by atoms with Crippen LogP contribution < -0.4 is 0 Å². The number of para-hydroxylation sites is 1. The van der Waals surface area contributed by atoms with Crippen molar-refractivity contribution in [2.75, 3.05) is 0 Å².